The Kier molecular flexibility index (Phi) is 4.65. The van der Waals surface area contributed by atoms with E-state index >= 15 is 0 Å². The Morgan fingerprint density at radius 3 is 2.85 bits per heavy atom. The van der Waals surface area contributed by atoms with Crippen LogP contribution >= 0.6 is 15.9 Å². The molecule has 1 amide bonds. The van der Waals surface area contributed by atoms with Crippen LogP contribution in [-0.4, -0.2) is 41.1 Å². The summed E-state index contributed by atoms with van der Waals surface area (Å²) in [6, 6.07) is 7.26. The van der Waals surface area contributed by atoms with E-state index in [1.165, 1.54) is 0 Å². The van der Waals surface area contributed by atoms with Crippen molar-refractivity contribution in [2.24, 2.45) is 5.92 Å². The summed E-state index contributed by atoms with van der Waals surface area (Å²) in [5.74, 6) is -0.874. The van der Waals surface area contributed by atoms with Gasteiger partial charge in [-0.15, -0.1) is 0 Å². The Hall–Kier alpha value is -1.56. The van der Waals surface area contributed by atoms with E-state index in [-0.39, 0.29) is 12.5 Å². The van der Waals surface area contributed by atoms with E-state index < -0.39 is 18.0 Å². The molecule has 0 bridgehead atoms. The Morgan fingerprint density at radius 2 is 2.25 bits per heavy atom. The molecule has 6 heteroatoms. The van der Waals surface area contributed by atoms with Gasteiger partial charge in [-0.05, 0) is 31.5 Å². The number of carboxylic acid groups (broad SMARTS) is 1. The lowest BCUT2D eigenvalue weighted by Crippen LogP contribution is -2.39. The van der Waals surface area contributed by atoms with Crippen molar-refractivity contribution >= 4 is 27.8 Å². The van der Waals surface area contributed by atoms with Gasteiger partial charge in [-0.3, -0.25) is 9.59 Å². The van der Waals surface area contributed by atoms with E-state index in [2.05, 4.69) is 15.9 Å². The molecule has 1 N–H and O–H groups in total. The average molecular weight is 342 g/mol. The van der Waals surface area contributed by atoms with E-state index in [4.69, 9.17) is 9.84 Å². The minimum absolute atomic E-state index is 0.172. The zero-order valence-electron chi connectivity index (χ0n) is 11.1. The van der Waals surface area contributed by atoms with Gasteiger partial charge in [0.1, 0.15) is 5.75 Å². The molecular formula is C14H16BrNO4. The molecule has 0 aliphatic carbocycles. The van der Waals surface area contributed by atoms with E-state index in [1.807, 2.05) is 12.1 Å². The summed E-state index contributed by atoms with van der Waals surface area (Å²) in [5.41, 5.74) is 0. The fourth-order valence-electron chi connectivity index (χ4n) is 2.21. The van der Waals surface area contributed by atoms with Crippen molar-refractivity contribution in [3.63, 3.8) is 0 Å². The summed E-state index contributed by atoms with van der Waals surface area (Å²) >= 11 is 3.34. The Labute approximate surface area is 125 Å². The van der Waals surface area contributed by atoms with Crippen LogP contribution in [0.1, 0.15) is 13.3 Å². The number of aliphatic carboxylic acids is 1. The van der Waals surface area contributed by atoms with Crippen LogP contribution in [0, 0.1) is 5.92 Å². The zero-order valence-corrected chi connectivity index (χ0v) is 12.7. The van der Waals surface area contributed by atoms with Gasteiger partial charge < -0.3 is 14.7 Å². The van der Waals surface area contributed by atoms with Crippen LogP contribution in [0.4, 0.5) is 0 Å². The van der Waals surface area contributed by atoms with E-state index in [1.54, 1.807) is 24.0 Å². The van der Waals surface area contributed by atoms with Gasteiger partial charge in [0.25, 0.3) is 5.91 Å². The molecule has 0 unspecified atom stereocenters. The number of likely N-dealkylation sites (tertiary alicyclic amines) is 1. The molecule has 2 atom stereocenters. The summed E-state index contributed by atoms with van der Waals surface area (Å²) in [6.07, 6.45) is -0.123. The molecule has 1 aliphatic rings. The number of ether oxygens (including phenoxy) is 1. The number of carbonyl (C=O) groups is 2. The smallest absolute Gasteiger partial charge is 0.308 e. The van der Waals surface area contributed by atoms with Gasteiger partial charge in [0.2, 0.25) is 0 Å². The highest BCUT2D eigenvalue weighted by Crippen LogP contribution is 2.21. The first-order valence-electron chi connectivity index (χ1n) is 6.41. The van der Waals surface area contributed by atoms with Crippen molar-refractivity contribution in [3.8, 4) is 5.75 Å². The number of nitrogens with zero attached hydrogens (tertiary/aromatic N) is 1. The van der Waals surface area contributed by atoms with E-state index in [9.17, 15) is 9.59 Å². The monoisotopic (exact) mass is 341 g/mol. The first-order chi connectivity index (χ1) is 9.47. The van der Waals surface area contributed by atoms with Crippen LogP contribution in [0.2, 0.25) is 0 Å². The first-order valence-corrected chi connectivity index (χ1v) is 7.20. The molecule has 1 fully saturated rings. The molecule has 20 heavy (non-hydrogen) atoms. The highest BCUT2D eigenvalue weighted by molar-refractivity contribution is 9.10. The number of carbonyl (C=O) groups excluding carboxylic acids is 1. The topological polar surface area (TPSA) is 66.8 Å². The normalized spacial score (nSPS) is 19.7. The molecule has 108 valence electrons. The zero-order chi connectivity index (χ0) is 14.7. The minimum Gasteiger partial charge on any atom is -0.481 e. The summed E-state index contributed by atoms with van der Waals surface area (Å²) in [6.45, 7) is 2.42. The lowest BCUT2D eigenvalue weighted by Gasteiger charge is -2.21. The average Bonchev–Trinajstić information content (AvgIpc) is 2.87. The van der Waals surface area contributed by atoms with Gasteiger partial charge >= 0.3 is 5.97 Å². The fourth-order valence-corrected chi connectivity index (χ4v) is 2.59. The fraction of sp³-hybridized carbons (Fsp3) is 0.429. The van der Waals surface area contributed by atoms with Gasteiger partial charge in [-0.1, -0.05) is 22.0 Å². The van der Waals surface area contributed by atoms with Crippen LogP contribution in [0.5, 0.6) is 5.75 Å². The number of amides is 1. The molecule has 5 nitrogen and oxygen atoms in total. The van der Waals surface area contributed by atoms with Gasteiger partial charge in [-0.2, -0.15) is 0 Å². The Bertz CT molecular complexity index is 520. The molecule has 1 aromatic rings. The second-order valence-electron chi connectivity index (χ2n) is 4.83. The van der Waals surface area contributed by atoms with Crippen molar-refractivity contribution in [2.75, 3.05) is 13.1 Å². The molecule has 1 saturated heterocycles. The van der Waals surface area contributed by atoms with Crippen molar-refractivity contribution in [1.82, 2.24) is 4.90 Å². The number of rotatable bonds is 4. The minimum atomic E-state index is -0.846. The maximum Gasteiger partial charge on any atom is 0.308 e. The van der Waals surface area contributed by atoms with Crippen molar-refractivity contribution in [1.29, 1.82) is 0 Å². The highest BCUT2D eigenvalue weighted by Gasteiger charge is 2.33. The molecule has 0 aromatic heterocycles. The lowest BCUT2D eigenvalue weighted by molar-refractivity contribution is -0.142. The molecule has 0 spiro atoms. The predicted molar refractivity (Wildman–Crippen MR) is 76.6 cm³/mol. The second kappa shape index (κ2) is 6.26. The van der Waals surface area contributed by atoms with Gasteiger partial charge in [0.15, 0.2) is 6.10 Å². The standard InChI is InChI=1S/C14H16BrNO4/c1-9(20-12-4-2-3-11(15)7-12)13(17)16-6-5-10(8-16)14(18)19/h2-4,7,9-10H,5-6,8H2,1H3,(H,18,19)/t9-,10+/m1/s1. The SMILES string of the molecule is C[C@@H](Oc1cccc(Br)c1)C(=O)N1CC[C@H](C(=O)O)C1. The van der Waals surface area contributed by atoms with Crippen LogP contribution < -0.4 is 4.74 Å². The summed E-state index contributed by atoms with van der Waals surface area (Å²) in [7, 11) is 0. The summed E-state index contributed by atoms with van der Waals surface area (Å²) < 4.78 is 6.47. The largest absolute Gasteiger partial charge is 0.481 e. The quantitative estimate of drug-likeness (QED) is 0.911. The van der Waals surface area contributed by atoms with Crippen molar-refractivity contribution in [3.05, 3.63) is 28.7 Å². The molecule has 0 radical (unpaired) electrons. The summed E-state index contributed by atoms with van der Waals surface area (Å²) in [5, 5.41) is 8.94. The third kappa shape index (κ3) is 3.50. The molecule has 1 aliphatic heterocycles. The molecule has 0 saturated carbocycles. The van der Waals surface area contributed by atoms with Crippen LogP contribution in [-0.2, 0) is 9.59 Å². The maximum absolute atomic E-state index is 12.2. The number of hydrogen-bond acceptors (Lipinski definition) is 3. The Balaban J connectivity index is 1.94. The number of halogens is 1. The van der Waals surface area contributed by atoms with E-state index in [0.717, 1.165) is 4.47 Å². The van der Waals surface area contributed by atoms with Crippen LogP contribution in [0.25, 0.3) is 0 Å². The third-order valence-electron chi connectivity index (χ3n) is 3.31. The number of benzene rings is 1. The summed E-state index contributed by atoms with van der Waals surface area (Å²) in [4.78, 5) is 24.6. The molecule has 1 heterocycles. The van der Waals surface area contributed by atoms with Gasteiger partial charge in [0.05, 0.1) is 5.92 Å². The maximum atomic E-state index is 12.2. The van der Waals surface area contributed by atoms with Crippen LogP contribution in [0.15, 0.2) is 28.7 Å². The third-order valence-corrected chi connectivity index (χ3v) is 3.80. The molecule has 1 aromatic carbocycles. The van der Waals surface area contributed by atoms with Gasteiger partial charge in [-0.25, -0.2) is 0 Å². The first kappa shape index (κ1) is 14.8. The van der Waals surface area contributed by atoms with E-state index in [0.29, 0.717) is 18.7 Å². The predicted octanol–water partition coefficient (Wildman–Crippen LogP) is 2.15. The van der Waals surface area contributed by atoms with Crippen LogP contribution in [0.3, 0.4) is 0 Å². The number of hydrogen-bond donors (Lipinski definition) is 1. The van der Waals surface area contributed by atoms with Crippen molar-refractivity contribution < 1.29 is 19.4 Å². The second-order valence-corrected chi connectivity index (χ2v) is 5.74. The molecular weight excluding hydrogens is 326 g/mol. The lowest BCUT2D eigenvalue weighted by atomic mass is 10.1. The Morgan fingerprint density at radius 1 is 1.50 bits per heavy atom. The molecule has 2 rings (SSSR count). The number of carboxylic acids is 1. The van der Waals surface area contributed by atoms with Crippen molar-refractivity contribution in [2.45, 2.75) is 19.4 Å². The highest BCUT2D eigenvalue weighted by atomic mass is 79.9. The van der Waals surface area contributed by atoms with Gasteiger partial charge in [0, 0.05) is 17.6 Å².